The van der Waals surface area contributed by atoms with Crippen LogP contribution in [0, 0.1) is 0 Å². The quantitative estimate of drug-likeness (QED) is 0.869. The number of rotatable bonds is 6. The molecule has 0 radical (unpaired) electrons. The van der Waals surface area contributed by atoms with Crippen LogP contribution in [0.15, 0.2) is 36.4 Å². The zero-order valence-electron chi connectivity index (χ0n) is 14.3. The number of ether oxygens (including phenoxy) is 4. The van der Waals surface area contributed by atoms with Crippen molar-refractivity contribution >= 4 is 11.6 Å². The maximum absolute atomic E-state index is 12.6. The molecule has 0 aliphatic carbocycles. The van der Waals surface area contributed by atoms with E-state index in [1.54, 1.807) is 30.3 Å². The van der Waals surface area contributed by atoms with Crippen LogP contribution in [0.3, 0.4) is 0 Å². The minimum absolute atomic E-state index is 0.258. The molecule has 2 aromatic carbocycles. The highest BCUT2D eigenvalue weighted by Crippen LogP contribution is 2.33. The molecular weight excluding hydrogens is 322 g/mol. The van der Waals surface area contributed by atoms with Gasteiger partial charge in [0.25, 0.3) is 5.91 Å². The average Bonchev–Trinajstić information content (AvgIpc) is 2.64. The zero-order valence-corrected chi connectivity index (χ0v) is 14.3. The van der Waals surface area contributed by atoms with Crippen LogP contribution in [0.1, 0.15) is 24.2 Å². The molecule has 0 aromatic heterocycles. The van der Waals surface area contributed by atoms with Crippen LogP contribution < -0.4 is 24.3 Å². The Morgan fingerprint density at radius 3 is 2.52 bits per heavy atom. The van der Waals surface area contributed by atoms with Crippen molar-refractivity contribution in [1.29, 1.82) is 0 Å². The third-order valence-corrected chi connectivity index (χ3v) is 3.61. The fourth-order valence-corrected chi connectivity index (χ4v) is 2.52. The molecule has 1 amide bonds. The summed E-state index contributed by atoms with van der Waals surface area (Å²) >= 11 is 0. The third kappa shape index (κ3) is 3.96. The molecule has 1 heterocycles. The van der Waals surface area contributed by atoms with Crippen molar-refractivity contribution < 1.29 is 23.7 Å². The highest BCUT2D eigenvalue weighted by molar-refractivity contribution is 6.05. The lowest BCUT2D eigenvalue weighted by Crippen LogP contribution is -2.17. The second-order valence-electron chi connectivity index (χ2n) is 5.34. The Balaban J connectivity index is 1.83. The van der Waals surface area contributed by atoms with Crippen molar-refractivity contribution in [2.45, 2.75) is 13.8 Å². The van der Waals surface area contributed by atoms with Gasteiger partial charge in [-0.3, -0.25) is 4.79 Å². The lowest BCUT2D eigenvalue weighted by Gasteiger charge is -2.19. The van der Waals surface area contributed by atoms with E-state index < -0.39 is 0 Å². The molecule has 0 spiro atoms. The summed E-state index contributed by atoms with van der Waals surface area (Å²) in [7, 11) is 0. The minimum atomic E-state index is -0.258. The topological polar surface area (TPSA) is 66.0 Å². The van der Waals surface area contributed by atoms with Crippen LogP contribution >= 0.6 is 0 Å². The molecule has 0 saturated carbocycles. The highest BCUT2D eigenvalue weighted by Gasteiger charge is 2.16. The molecule has 0 saturated heterocycles. The van der Waals surface area contributed by atoms with Gasteiger partial charge in [-0.15, -0.1) is 0 Å². The molecule has 132 valence electrons. The standard InChI is InChI=1S/C19H21NO5/c1-3-22-14-6-8-16(23-4-2)15(12-14)20-19(21)13-5-7-17-18(11-13)25-10-9-24-17/h5-8,11-12H,3-4,9-10H2,1-2H3,(H,20,21). The van der Waals surface area contributed by atoms with Crippen molar-refractivity contribution in [3.63, 3.8) is 0 Å². The number of fused-ring (bicyclic) bond motifs is 1. The number of amides is 1. The minimum Gasteiger partial charge on any atom is -0.494 e. The van der Waals surface area contributed by atoms with Gasteiger partial charge in [0.05, 0.1) is 18.9 Å². The summed E-state index contributed by atoms with van der Waals surface area (Å²) in [4.78, 5) is 12.6. The molecule has 3 rings (SSSR count). The van der Waals surface area contributed by atoms with Crippen LogP contribution in [-0.2, 0) is 0 Å². The second kappa shape index (κ2) is 7.79. The summed E-state index contributed by atoms with van der Waals surface area (Å²) < 4.78 is 22.1. The van der Waals surface area contributed by atoms with E-state index in [4.69, 9.17) is 18.9 Å². The first-order valence-corrected chi connectivity index (χ1v) is 8.32. The van der Waals surface area contributed by atoms with Gasteiger partial charge in [-0.1, -0.05) is 0 Å². The fourth-order valence-electron chi connectivity index (χ4n) is 2.52. The summed E-state index contributed by atoms with van der Waals surface area (Å²) in [6.45, 7) is 5.83. The first kappa shape index (κ1) is 17.0. The summed E-state index contributed by atoms with van der Waals surface area (Å²) in [5.41, 5.74) is 1.04. The second-order valence-corrected chi connectivity index (χ2v) is 5.34. The van der Waals surface area contributed by atoms with E-state index in [9.17, 15) is 4.79 Å². The predicted molar refractivity (Wildman–Crippen MR) is 94.2 cm³/mol. The van der Waals surface area contributed by atoms with E-state index in [-0.39, 0.29) is 5.91 Å². The van der Waals surface area contributed by atoms with E-state index in [0.29, 0.717) is 60.7 Å². The Hall–Kier alpha value is -2.89. The number of hydrogen-bond donors (Lipinski definition) is 1. The maximum atomic E-state index is 12.6. The van der Waals surface area contributed by atoms with Gasteiger partial charge in [0, 0.05) is 11.6 Å². The molecule has 25 heavy (non-hydrogen) atoms. The number of anilines is 1. The van der Waals surface area contributed by atoms with Gasteiger partial charge in [0.15, 0.2) is 11.5 Å². The Morgan fingerprint density at radius 2 is 1.76 bits per heavy atom. The van der Waals surface area contributed by atoms with E-state index in [0.717, 1.165) is 0 Å². The Kier molecular flexibility index (Phi) is 5.28. The van der Waals surface area contributed by atoms with E-state index in [1.807, 2.05) is 19.9 Å². The lowest BCUT2D eigenvalue weighted by molar-refractivity contribution is 0.102. The largest absolute Gasteiger partial charge is 0.494 e. The van der Waals surface area contributed by atoms with Gasteiger partial charge >= 0.3 is 0 Å². The van der Waals surface area contributed by atoms with Crippen molar-refractivity contribution in [2.24, 2.45) is 0 Å². The van der Waals surface area contributed by atoms with Crippen molar-refractivity contribution in [3.8, 4) is 23.0 Å². The molecule has 0 unspecified atom stereocenters. The monoisotopic (exact) mass is 343 g/mol. The van der Waals surface area contributed by atoms with Gasteiger partial charge in [0.1, 0.15) is 24.7 Å². The SMILES string of the molecule is CCOc1ccc(OCC)c(NC(=O)c2ccc3c(c2)OCCO3)c1. The maximum Gasteiger partial charge on any atom is 0.255 e. The number of carbonyl (C=O) groups is 1. The Morgan fingerprint density at radius 1 is 1.00 bits per heavy atom. The smallest absolute Gasteiger partial charge is 0.255 e. The van der Waals surface area contributed by atoms with Crippen LogP contribution in [0.2, 0.25) is 0 Å². The molecular formula is C19H21NO5. The number of carbonyl (C=O) groups excluding carboxylic acids is 1. The molecule has 6 nitrogen and oxygen atoms in total. The Labute approximate surface area is 146 Å². The predicted octanol–water partition coefficient (Wildman–Crippen LogP) is 3.51. The highest BCUT2D eigenvalue weighted by atomic mass is 16.6. The zero-order chi connectivity index (χ0) is 17.6. The van der Waals surface area contributed by atoms with E-state index in [1.165, 1.54) is 0 Å². The first-order valence-electron chi connectivity index (χ1n) is 8.32. The number of nitrogens with one attached hydrogen (secondary N) is 1. The fraction of sp³-hybridized carbons (Fsp3) is 0.316. The first-order chi connectivity index (χ1) is 12.2. The van der Waals surface area contributed by atoms with Gasteiger partial charge in [-0.2, -0.15) is 0 Å². The molecule has 1 aliphatic heterocycles. The van der Waals surface area contributed by atoms with Gasteiger partial charge < -0.3 is 24.3 Å². The average molecular weight is 343 g/mol. The summed E-state index contributed by atoms with van der Waals surface area (Å²) in [6, 6.07) is 10.5. The van der Waals surface area contributed by atoms with Crippen molar-refractivity contribution in [3.05, 3.63) is 42.0 Å². The van der Waals surface area contributed by atoms with Crippen molar-refractivity contribution in [1.82, 2.24) is 0 Å². The molecule has 0 fully saturated rings. The van der Waals surface area contributed by atoms with Crippen LogP contribution in [0.5, 0.6) is 23.0 Å². The number of hydrogen-bond acceptors (Lipinski definition) is 5. The molecule has 0 bridgehead atoms. The normalized spacial score (nSPS) is 12.4. The summed E-state index contributed by atoms with van der Waals surface area (Å²) in [5, 5.41) is 2.88. The van der Waals surface area contributed by atoms with Crippen molar-refractivity contribution in [2.75, 3.05) is 31.7 Å². The molecule has 1 aliphatic rings. The van der Waals surface area contributed by atoms with Crippen LogP contribution in [-0.4, -0.2) is 32.3 Å². The molecule has 6 heteroatoms. The van der Waals surface area contributed by atoms with E-state index >= 15 is 0 Å². The lowest BCUT2D eigenvalue weighted by atomic mass is 10.1. The van der Waals surface area contributed by atoms with E-state index in [2.05, 4.69) is 5.32 Å². The summed E-state index contributed by atoms with van der Waals surface area (Å²) in [6.07, 6.45) is 0. The van der Waals surface area contributed by atoms with Gasteiger partial charge in [0.2, 0.25) is 0 Å². The molecule has 1 N–H and O–H groups in total. The van der Waals surface area contributed by atoms with Gasteiger partial charge in [-0.25, -0.2) is 0 Å². The molecule has 2 aromatic rings. The van der Waals surface area contributed by atoms with Crippen LogP contribution in [0.4, 0.5) is 5.69 Å². The molecule has 0 atom stereocenters. The Bertz CT molecular complexity index is 759. The third-order valence-electron chi connectivity index (χ3n) is 3.61. The van der Waals surface area contributed by atoms with Crippen LogP contribution in [0.25, 0.3) is 0 Å². The number of benzene rings is 2. The summed E-state index contributed by atoms with van der Waals surface area (Å²) in [5.74, 6) is 2.23. The van der Waals surface area contributed by atoms with Gasteiger partial charge in [-0.05, 0) is 44.2 Å².